The number of esters is 1. The van der Waals surface area contributed by atoms with E-state index in [1.54, 1.807) is 23.2 Å². The summed E-state index contributed by atoms with van der Waals surface area (Å²) in [5.74, 6) is 0.337. The van der Waals surface area contributed by atoms with Crippen molar-refractivity contribution in [2.45, 2.75) is 63.6 Å². The number of amidine groups is 2. The molecule has 0 spiro atoms. The van der Waals surface area contributed by atoms with Gasteiger partial charge in [0.05, 0.1) is 18.2 Å². The molecule has 1 aromatic carbocycles. The molecule has 1 saturated heterocycles. The maximum absolute atomic E-state index is 13.5. The fourth-order valence-corrected chi connectivity index (χ4v) is 6.10. The maximum atomic E-state index is 13.5. The van der Waals surface area contributed by atoms with Crippen molar-refractivity contribution in [3.63, 3.8) is 0 Å². The molecule has 1 amide bonds. The quantitative estimate of drug-likeness (QED) is 0.506. The minimum absolute atomic E-state index is 0.0898. The first-order chi connectivity index (χ1) is 18.2. The summed E-state index contributed by atoms with van der Waals surface area (Å²) in [4.78, 5) is 39.8. The summed E-state index contributed by atoms with van der Waals surface area (Å²) in [5.41, 5.74) is 0.762. The van der Waals surface area contributed by atoms with Gasteiger partial charge in [-0.3, -0.25) is 14.6 Å². The van der Waals surface area contributed by atoms with Gasteiger partial charge in [-0.1, -0.05) is 24.3 Å². The number of carbonyl (C=O) groups excluding carboxylic acids is 2. The fraction of sp³-hybridized carbons (Fsp3) is 0.536. The topological polar surface area (TPSA) is 83.7 Å². The number of halogens is 3. The molecular weight excluding hydrogens is 497 g/mol. The van der Waals surface area contributed by atoms with Crippen LogP contribution in [0.5, 0.6) is 0 Å². The Morgan fingerprint density at radius 1 is 1.13 bits per heavy atom. The number of hydrogen-bond acceptors (Lipinski definition) is 6. The lowest BCUT2D eigenvalue weighted by Crippen LogP contribution is -2.37. The van der Waals surface area contributed by atoms with Gasteiger partial charge >= 0.3 is 12.1 Å². The Kier molecular flexibility index (Phi) is 7.49. The van der Waals surface area contributed by atoms with E-state index >= 15 is 0 Å². The molecule has 202 valence electrons. The molecule has 10 heteroatoms. The first kappa shape index (κ1) is 26.3. The second-order valence-corrected chi connectivity index (χ2v) is 10.5. The summed E-state index contributed by atoms with van der Waals surface area (Å²) in [5, 5.41) is 0. The van der Waals surface area contributed by atoms with E-state index in [9.17, 15) is 22.8 Å². The Hall–Kier alpha value is -3.30. The minimum Gasteiger partial charge on any atom is -0.466 e. The van der Waals surface area contributed by atoms with Crippen LogP contribution in [-0.4, -0.2) is 60.4 Å². The molecule has 7 nitrogen and oxygen atoms in total. The molecule has 3 aliphatic heterocycles. The summed E-state index contributed by atoms with van der Waals surface area (Å²) in [6.07, 6.45) is 3.31. The van der Waals surface area contributed by atoms with Gasteiger partial charge in [0.25, 0.3) is 5.91 Å². The van der Waals surface area contributed by atoms with Crippen LogP contribution in [0.25, 0.3) is 0 Å². The molecule has 4 atom stereocenters. The van der Waals surface area contributed by atoms with E-state index in [1.807, 2.05) is 0 Å². The number of ether oxygens (including phenoxy) is 1. The average Bonchev–Trinajstić information content (AvgIpc) is 3.46. The smallest absolute Gasteiger partial charge is 0.416 e. The van der Waals surface area contributed by atoms with Gasteiger partial charge in [0.2, 0.25) is 5.84 Å². The molecule has 0 N–H and O–H groups in total. The lowest BCUT2D eigenvalue weighted by molar-refractivity contribution is -0.141. The predicted molar refractivity (Wildman–Crippen MR) is 137 cm³/mol. The van der Waals surface area contributed by atoms with E-state index in [-0.39, 0.29) is 48.1 Å². The fourth-order valence-electron chi connectivity index (χ4n) is 6.10. The van der Waals surface area contributed by atoms with Crippen molar-refractivity contribution in [3.05, 3.63) is 47.0 Å². The van der Waals surface area contributed by atoms with Crippen molar-refractivity contribution in [2.75, 3.05) is 19.7 Å². The van der Waals surface area contributed by atoms with E-state index in [1.165, 1.54) is 13.0 Å². The van der Waals surface area contributed by atoms with Crippen molar-refractivity contribution in [2.24, 2.45) is 26.8 Å². The third kappa shape index (κ3) is 5.89. The molecule has 3 heterocycles. The van der Waals surface area contributed by atoms with E-state index < -0.39 is 11.7 Å². The largest absolute Gasteiger partial charge is 0.466 e. The number of hydrogen-bond donors (Lipinski definition) is 0. The van der Waals surface area contributed by atoms with E-state index in [0.717, 1.165) is 24.5 Å². The summed E-state index contributed by atoms with van der Waals surface area (Å²) in [6, 6.07) is 5.76. The number of allylic oxidation sites excluding steroid dienone is 1. The van der Waals surface area contributed by atoms with Crippen molar-refractivity contribution < 1.29 is 27.5 Å². The monoisotopic (exact) mass is 528 g/mol. The molecular formula is C28H31F3N4O3. The van der Waals surface area contributed by atoms with Crippen LogP contribution in [-0.2, 0) is 20.5 Å². The second kappa shape index (κ2) is 10.8. The lowest BCUT2D eigenvalue weighted by Gasteiger charge is -2.23. The number of alkyl halides is 3. The van der Waals surface area contributed by atoms with E-state index in [2.05, 4.69) is 21.1 Å². The van der Waals surface area contributed by atoms with Crippen molar-refractivity contribution in [3.8, 4) is 0 Å². The normalized spacial score (nSPS) is 28.3. The molecule has 0 radical (unpaired) electrons. The third-order valence-electron chi connectivity index (χ3n) is 7.88. The summed E-state index contributed by atoms with van der Waals surface area (Å²) < 4.78 is 45.6. The number of amides is 1. The van der Waals surface area contributed by atoms with Crippen LogP contribution in [0.2, 0.25) is 0 Å². The van der Waals surface area contributed by atoms with Gasteiger partial charge in [-0.2, -0.15) is 13.2 Å². The Balaban J connectivity index is 1.23. The van der Waals surface area contributed by atoms with Crippen LogP contribution in [0.15, 0.2) is 50.9 Å². The van der Waals surface area contributed by atoms with Crippen LogP contribution in [0.3, 0.4) is 0 Å². The number of benzene rings is 1. The molecule has 38 heavy (non-hydrogen) atoms. The van der Waals surface area contributed by atoms with Crippen LogP contribution in [0, 0.1) is 11.8 Å². The van der Waals surface area contributed by atoms with E-state index in [4.69, 9.17) is 4.74 Å². The van der Waals surface area contributed by atoms with Crippen LogP contribution in [0.1, 0.15) is 62.5 Å². The summed E-state index contributed by atoms with van der Waals surface area (Å²) in [7, 11) is 0. The predicted octanol–water partition coefficient (Wildman–Crippen LogP) is 4.97. The zero-order valence-corrected chi connectivity index (χ0v) is 21.3. The van der Waals surface area contributed by atoms with E-state index in [0.29, 0.717) is 50.2 Å². The molecule has 2 bridgehead atoms. The number of fused-ring (bicyclic) bond motifs is 3. The third-order valence-corrected chi connectivity index (χ3v) is 7.88. The summed E-state index contributed by atoms with van der Waals surface area (Å²) >= 11 is 0. The highest BCUT2D eigenvalue weighted by Gasteiger charge is 2.45. The molecule has 2 fully saturated rings. The lowest BCUT2D eigenvalue weighted by atomic mass is 9.91. The van der Waals surface area contributed by atoms with Gasteiger partial charge < -0.3 is 9.64 Å². The summed E-state index contributed by atoms with van der Waals surface area (Å²) in [6.45, 7) is 2.67. The highest BCUT2D eigenvalue weighted by molar-refractivity contribution is 6.40. The SMILES string of the molecule is CC(=O)OCC/C1=C/CCC2CC(=NC(C(=O)N3C[C@H]4CC(c5ccccc5C(F)(F)F)C[C@H]4C3)=N2)N=C1. The zero-order valence-electron chi connectivity index (χ0n) is 21.3. The molecule has 1 saturated carbocycles. The van der Waals surface area contributed by atoms with Gasteiger partial charge in [0.15, 0.2) is 0 Å². The zero-order chi connectivity index (χ0) is 26.9. The Bertz CT molecular complexity index is 1210. The average molecular weight is 529 g/mol. The Labute approximate surface area is 219 Å². The standard InChI is InChI=1S/C28H31F3N4O3/c1-17(36)38-10-9-18-5-4-6-22-13-25(32-14-18)34-26(33-22)27(37)35-15-20-11-19(12-21(20)16-35)23-7-2-3-8-24(23)28(29,30)31/h2-3,5,7-8,14,19-22H,4,6,9-13,15-16H2,1H3/b18-5-,32-14?/t19?,20-,21+,22?. The first-order valence-corrected chi connectivity index (χ1v) is 13.1. The molecule has 5 rings (SSSR count). The molecule has 4 aliphatic rings. The van der Waals surface area contributed by atoms with Gasteiger partial charge in [-0.25, -0.2) is 9.98 Å². The van der Waals surface area contributed by atoms with Crippen LogP contribution in [0.4, 0.5) is 13.2 Å². The second-order valence-electron chi connectivity index (χ2n) is 10.5. The van der Waals surface area contributed by atoms with Gasteiger partial charge in [-0.05, 0) is 60.6 Å². The number of rotatable bonds is 5. The molecule has 0 aromatic heterocycles. The van der Waals surface area contributed by atoms with Gasteiger partial charge in [0.1, 0.15) is 5.84 Å². The number of aliphatic imine (C=N–C) groups is 3. The van der Waals surface area contributed by atoms with Gasteiger partial charge in [0, 0.05) is 39.1 Å². The van der Waals surface area contributed by atoms with Gasteiger partial charge in [-0.15, -0.1) is 0 Å². The van der Waals surface area contributed by atoms with Crippen LogP contribution < -0.4 is 0 Å². The van der Waals surface area contributed by atoms with Crippen molar-refractivity contribution >= 4 is 29.8 Å². The van der Waals surface area contributed by atoms with Crippen molar-refractivity contribution in [1.29, 1.82) is 0 Å². The number of likely N-dealkylation sites (tertiary alicyclic amines) is 1. The first-order valence-electron chi connectivity index (χ1n) is 13.1. The number of nitrogens with zero attached hydrogens (tertiary/aromatic N) is 4. The number of carbonyl (C=O) groups is 2. The maximum Gasteiger partial charge on any atom is 0.416 e. The minimum atomic E-state index is -4.37. The highest BCUT2D eigenvalue weighted by atomic mass is 19.4. The Morgan fingerprint density at radius 3 is 2.58 bits per heavy atom. The van der Waals surface area contributed by atoms with Crippen LogP contribution >= 0.6 is 0 Å². The molecule has 1 aliphatic carbocycles. The highest BCUT2D eigenvalue weighted by Crippen LogP contribution is 2.48. The van der Waals surface area contributed by atoms with Crippen molar-refractivity contribution in [1.82, 2.24) is 4.90 Å². The molecule has 1 aromatic rings. The Morgan fingerprint density at radius 2 is 1.87 bits per heavy atom. The molecule has 2 unspecified atom stereocenters.